The van der Waals surface area contributed by atoms with Crippen molar-refractivity contribution in [3.05, 3.63) is 102 Å². The normalized spacial score (nSPS) is 12.3. The predicted molar refractivity (Wildman–Crippen MR) is 237 cm³/mol. The zero-order chi connectivity index (χ0) is 39.4. The Bertz CT molecular complexity index is 2290. The SMILES string of the molecule is CCC(CC)C(=O)/C=C(\O)C(CC)CC.Cc1cc(CC(C)(C)C)ccc1-c1ccc2c(c1)sc1c(-c3[c-]c4ccccc4c([Si](C)(C)C)c3)ncnc12.[Ir]. The van der Waals surface area contributed by atoms with Crippen LogP contribution >= 0.6 is 11.3 Å². The van der Waals surface area contributed by atoms with Crippen LogP contribution < -0.4 is 5.19 Å². The van der Waals surface area contributed by atoms with E-state index in [1.165, 1.54) is 49.0 Å². The second-order valence-corrected chi connectivity index (χ2v) is 23.1. The average molecular weight is 948 g/mol. The maximum atomic E-state index is 11.7. The van der Waals surface area contributed by atoms with E-state index in [2.05, 4.69) is 120 Å². The van der Waals surface area contributed by atoms with Crippen LogP contribution in [0.4, 0.5) is 0 Å². The maximum absolute atomic E-state index is 11.7. The molecule has 1 N–H and O–H groups in total. The molecule has 7 heteroatoms. The van der Waals surface area contributed by atoms with Crippen molar-refractivity contribution in [3.63, 3.8) is 0 Å². The largest absolute Gasteiger partial charge is 0.512 e. The quantitative estimate of drug-likeness (QED) is 0.0608. The van der Waals surface area contributed by atoms with E-state index >= 15 is 0 Å². The second kappa shape index (κ2) is 18.6. The number of allylic oxidation sites excluding steroid dienone is 2. The van der Waals surface area contributed by atoms with Crippen molar-refractivity contribution in [1.29, 1.82) is 0 Å². The van der Waals surface area contributed by atoms with Gasteiger partial charge in [-0.15, -0.1) is 40.1 Å². The summed E-state index contributed by atoms with van der Waals surface area (Å²) >= 11 is 1.79. The number of thiophene rings is 1. The van der Waals surface area contributed by atoms with Crippen LogP contribution in [-0.4, -0.2) is 28.9 Å². The summed E-state index contributed by atoms with van der Waals surface area (Å²) in [6, 6.07) is 28.4. The molecule has 55 heavy (non-hydrogen) atoms. The third kappa shape index (κ3) is 10.5. The minimum atomic E-state index is -1.59. The van der Waals surface area contributed by atoms with Gasteiger partial charge in [0.05, 0.1) is 19.3 Å². The van der Waals surface area contributed by atoms with Gasteiger partial charge in [0.15, 0.2) is 5.78 Å². The first-order valence-corrected chi connectivity index (χ1v) is 24.1. The molecule has 0 aliphatic carbocycles. The van der Waals surface area contributed by atoms with E-state index in [0.717, 1.165) is 59.0 Å². The third-order valence-electron chi connectivity index (χ3n) is 10.5. The first-order chi connectivity index (χ1) is 25.6. The Kier molecular flexibility index (Phi) is 15.0. The number of rotatable bonds is 11. The summed E-state index contributed by atoms with van der Waals surface area (Å²) in [4.78, 5) is 21.3. The van der Waals surface area contributed by atoms with Crippen molar-refractivity contribution in [3.8, 4) is 22.4 Å². The number of carbonyl (C=O) groups excluding carboxylic acids is 1. The van der Waals surface area contributed by atoms with Gasteiger partial charge in [-0.05, 0) is 72.8 Å². The van der Waals surface area contributed by atoms with Crippen LogP contribution in [0.2, 0.25) is 19.6 Å². The molecule has 2 aromatic heterocycles. The molecule has 6 aromatic rings. The summed E-state index contributed by atoms with van der Waals surface area (Å²) in [5, 5.41) is 14.9. The average Bonchev–Trinajstić information content (AvgIpc) is 3.49. The zero-order valence-corrected chi connectivity index (χ0v) is 38.9. The zero-order valence-electron chi connectivity index (χ0n) is 34.7. The summed E-state index contributed by atoms with van der Waals surface area (Å²) in [5.41, 5.74) is 8.62. The monoisotopic (exact) mass is 948 g/mol. The molecule has 6 rings (SSSR count). The minimum absolute atomic E-state index is 0. The number of nitrogens with zero attached hydrogens (tertiary/aromatic N) is 2. The molecule has 1 radical (unpaired) electrons. The van der Waals surface area contributed by atoms with Crippen molar-refractivity contribution >= 4 is 61.5 Å². The molecule has 0 unspecified atom stereocenters. The van der Waals surface area contributed by atoms with Crippen LogP contribution in [0.25, 0.3) is 53.5 Å². The Balaban J connectivity index is 0.000000360. The van der Waals surface area contributed by atoms with Gasteiger partial charge in [0.25, 0.3) is 0 Å². The molecule has 2 heterocycles. The van der Waals surface area contributed by atoms with E-state index in [-0.39, 0.29) is 48.9 Å². The van der Waals surface area contributed by atoms with Crippen LogP contribution in [0.3, 0.4) is 0 Å². The summed E-state index contributed by atoms with van der Waals surface area (Å²) < 4.78 is 2.38. The molecule has 4 nitrogen and oxygen atoms in total. The maximum Gasteiger partial charge on any atom is 0.162 e. The number of hydrogen-bond acceptors (Lipinski definition) is 5. The van der Waals surface area contributed by atoms with Crippen LogP contribution in [0.1, 0.15) is 85.3 Å². The standard InChI is InChI=1S/C35H35N2SSi.C13H24O2.Ir/c1-22-16-23(20-35(2,3)4)12-14-27(22)25-13-15-29-30(18-25)38-34-32(36-21-37-33(29)34)26-17-24-10-8-9-11-28(24)31(19-26)39(5,6)7;1-5-10(6-2)12(14)9-13(15)11(7-3)8-4;/h8-16,18-19,21H,20H2,1-7H3;9-11,14H,5-8H2,1-4H3;/q-1;;/b;12-9-;. The summed E-state index contributed by atoms with van der Waals surface area (Å²) in [5.74, 6) is 0.547. The molecule has 4 aromatic carbocycles. The van der Waals surface area contributed by atoms with E-state index < -0.39 is 8.07 Å². The van der Waals surface area contributed by atoms with E-state index in [1.807, 2.05) is 27.7 Å². The van der Waals surface area contributed by atoms with Gasteiger partial charge in [0.2, 0.25) is 0 Å². The van der Waals surface area contributed by atoms with Crippen molar-refractivity contribution in [2.24, 2.45) is 17.3 Å². The van der Waals surface area contributed by atoms with E-state index in [4.69, 9.17) is 9.97 Å². The molecular weight excluding hydrogens is 889 g/mol. The summed E-state index contributed by atoms with van der Waals surface area (Å²) in [7, 11) is -1.59. The first kappa shape index (κ1) is 44.2. The smallest absolute Gasteiger partial charge is 0.162 e. The van der Waals surface area contributed by atoms with Crippen LogP contribution in [-0.2, 0) is 31.3 Å². The van der Waals surface area contributed by atoms with Crippen LogP contribution in [0.15, 0.2) is 84.9 Å². The van der Waals surface area contributed by atoms with Gasteiger partial charge in [0, 0.05) is 58.5 Å². The van der Waals surface area contributed by atoms with Crippen molar-refractivity contribution in [2.75, 3.05) is 0 Å². The molecule has 0 aliphatic heterocycles. The van der Waals surface area contributed by atoms with Gasteiger partial charge in [0.1, 0.15) is 6.33 Å². The van der Waals surface area contributed by atoms with E-state index in [0.29, 0.717) is 0 Å². The summed E-state index contributed by atoms with van der Waals surface area (Å²) in [6.45, 7) is 24.4. The second-order valence-electron chi connectivity index (χ2n) is 17.0. The van der Waals surface area contributed by atoms with Crippen molar-refractivity contribution in [1.82, 2.24) is 9.97 Å². The predicted octanol–water partition coefficient (Wildman–Crippen LogP) is 13.4. The Hall–Kier alpha value is -3.48. The Morgan fingerprint density at radius 2 is 1.55 bits per heavy atom. The Morgan fingerprint density at radius 3 is 2.16 bits per heavy atom. The number of aliphatic hydroxyl groups excluding tert-OH is 1. The topological polar surface area (TPSA) is 63.1 Å². The Labute approximate surface area is 348 Å². The van der Waals surface area contributed by atoms with Gasteiger partial charge in [-0.3, -0.25) is 9.78 Å². The number of aryl methyl sites for hydroxylation is 1. The molecule has 293 valence electrons. The van der Waals surface area contributed by atoms with Crippen molar-refractivity contribution in [2.45, 2.75) is 107 Å². The molecule has 0 fully saturated rings. The van der Waals surface area contributed by atoms with Crippen molar-refractivity contribution < 1.29 is 30.0 Å². The minimum Gasteiger partial charge on any atom is -0.512 e. The number of fused-ring (bicyclic) bond motifs is 4. The van der Waals surface area contributed by atoms with Gasteiger partial charge < -0.3 is 5.11 Å². The number of benzene rings is 4. The number of aliphatic hydroxyl groups is 1. The summed E-state index contributed by atoms with van der Waals surface area (Å²) in [6.07, 6.45) is 7.70. The molecule has 0 atom stereocenters. The molecule has 0 saturated heterocycles. The van der Waals surface area contributed by atoms with Gasteiger partial charge >= 0.3 is 0 Å². The molecular formula is C48H59IrN2O2SSi-. The van der Waals surface area contributed by atoms with E-state index in [1.54, 1.807) is 17.7 Å². The van der Waals surface area contributed by atoms with Gasteiger partial charge in [-0.25, -0.2) is 4.98 Å². The number of ketones is 1. The molecule has 0 bridgehead atoms. The third-order valence-corrected chi connectivity index (χ3v) is 13.7. The molecule has 0 spiro atoms. The number of carbonyl (C=O) groups is 1. The molecule has 0 saturated carbocycles. The van der Waals surface area contributed by atoms with E-state index in [9.17, 15) is 9.90 Å². The fourth-order valence-corrected chi connectivity index (χ4v) is 10.3. The molecule has 0 aliphatic rings. The number of aromatic nitrogens is 2. The van der Waals surface area contributed by atoms with Crippen LogP contribution in [0, 0.1) is 30.2 Å². The fourth-order valence-electron chi connectivity index (χ4n) is 7.46. The fraction of sp³-hybridized carbons (Fsp3) is 0.396. The molecule has 0 amide bonds. The van der Waals surface area contributed by atoms with Gasteiger partial charge in [-0.2, -0.15) is 0 Å². The number of hydrogen-bond donors (Lipinski definition) is 1. The van der Waals surface area contributed by atoms with Crippen LogP contribution in [0.5, 0.6) is 0 Å². The first-order valence-electron chi connectivity index (χ1n) is 19.8. The van der Waals surface area contributed by atoms with Gasteiger partial charge in [-0.1, -0.05) is 128 Å². The Morgan fingerprint density at radius 1 is 0.873 bits per heavy atom.